The molecule has 6 nitrogen and oxygen atoms in total. The Morgan fingerprint density at radius 1 is 1.55 bits per heavy atom. The zero-order valence-electron chi connectivity index (χ0n) is 11.2. The third-order valence-corrected chi connectivity index (χ3v) is 3.28. The van der Waals surface area contributed by atoms with Gasteiger partial charge < -0.3 is 24.6 Å². The summed E-state index contributed by atoms with van der Waals surface area (Å²) in [6.45, 7) is 1.64. The Bertz CT molecular complexity index is 500. The predicted molar refractivity (Wildman–Crippen MR) is 72.3 cm³/mol. The van der Waals surface area contributed by atoms with Gasteiger partial charge in [-0.2, -0.15) is 0 Å². The Hall–Kier alpha value is -1.73. The lowest BCUT2D eigenvalue weighted by molar-refractivity contribution is 0.0676. The highest BCUT2D eigenvalue weighted by Gasteiger charge is 2.30. The van der Waals surface area contributed by atoms with E-state index in [1.165, 1.54) is 0 Å². The Morgan fingerprint density at radius 3 is 2.90 bits per heavy atom. The summed E-state index contributed by atoms with van der Waals surface area (Å²) in [5.41, 5.74) is 0.630. The van der Waals surface area contributed by atoms with Gasteiger partial charge in [0.25, 0.3) is 0 Å². The molecule has 0 amide bonds. The van der Waals surface area contributed by atoms with Crippen molar-refractivity contribution in [3.05, 3.63) is 23.3 Å². The van der Waals surface area contributed by atoms with Crippen molar-refractivity contribution in [2.45, 2.75) is 32.2 Å². The summed E-state index contributed by atoms with van der Waals surface area (Å²) in [5.74, 6) is -0.883. The van der Waals surface area contributed by atoms with Crippen LogP contribution in [0.1, 0.15) is 29.3 Å². The highest BCUT2D eigenvalue weighted by atomic mass is 16.5. The van der Waals surface area contributed by atoms with Crippen molar-refractivity contribution < 1.29 is 29.4 Å². The molecule has 0 spiro atoms. The number of fused-ring (bicyclic) bond motifs is 1. The largest absolute Gasteiger partial charge is 0.535 e. The van der Waals surface area contributed by atoms with Crippen LogP contribution in [-0.4, -0.2) is 41.0 Å². The molecule has 1 heterocycles. The Kier molecular flexibility index (Phi) is 4.51. The van der Waals surface area contributed by atoms with Crippen LogP contribution in [-0.2, 0) is 6.42 Å². The van der Waals surface area contributed by atoms with E-state index in [0.717, 1.165) is 5.56 Å². The first-order chi connectivity index (χ1) is 9.56. The maximum Gasteiger partial charge on any atom is 0.522 e. The fraction of sp³-hybridized carbons (Fsp3) is 0.462. The van der Waals surface area contributed by atoms with E-state index in [9.17, 15) is 14.9 Å². The molecule has 1 aliphatic rings. The van der Waals surface area contributed by atoms with Crippen molar-refractivity contribution in [2.24, 2.45) is 0 Å². The van der Waals surface area contributed by atoms with E-state index in [1.807, 2.05) is 6.92 Å². The average Bonchev–Trinajstić information content (AvgIpc) is 2.43. The Balaban J connectivity index is 2.42. The van der Waals surface area contributed by atoms with Gasteiger partial charge in [-0.05, 0) is 30.8 Å². The van der Waals surface area contributed by atoms with Gasteiger partial charge in [0.15, 0.2) is 0 Å². The third kappa shape index (κ3) is 2.89. The van der Waals surface area contributed by atoms with E-state index in [-0.39, 0.29) is 23.7 Å². The van der Waals surface area contributed by atoms with E-state index in [4.69, 9.17) is 14.5 Å². The summed E-state index contributed by atoms with van der Waals surface area (Å²) in [4.78, 5) is 11.5. The number of hydrogen-bond donors (Lipinski definition) is 3. The second kappa shape index (κ2) is 6.15. The first-order valence-electron chi connectivity index (χ1n) is 6.58. The van der Waals surface area contributed by atoms with Crippen LogP contribution in [0.5, 0.6) is 11.5 Å². The molecule has 1 aliphatic heterocycles. The molecule has 0 bridgehead atoms. The summed E-state index contributed by atoms with van der Waals surface area (Å²) >= 11 is 0. The maximum atomic E-state index is 11.5. The summed E-state index contributed by atoms with van der Waals surface area (Å²) < 4.78 is 10.8. The summed E-state index contributed by atoms with van der Waals surface area (Å²) in [6, 6.07) is 3.30. The number of aromatic carboxylic acids is 1. The minimum atomic E-state index is -1.18. The molecule has 0 saturated heterocycles. The third-order valence-electron chi connectivity index (χ3n) is 3.28. The maximum absolute atomic E-state index is 11.5. The lowest BCUT2D eigenvalue weighted by Crippen LogP contribution is -2.28. The van der Waals surface area contributed by atoms with E-state index >= 15 is 0 Å². The van der Waals surface area contributed by atoms with Crippen LogP contribution < -0.4 is 9.39 Å². The van der Waals surface area contributed by atoms with Crippen LogP contribution >= 0.6 is 0 Å². The molecular formula is C13H17BO6. The molecule has 0 saturated carbocycles. The van der Waals surface area contributed by atoms with Gasteiger partial charge >= 0.3 is 13.1 Å². The number of hydrogen-bond acceptors (Lipinski definition) is 5. The van der Waals surface area contributed by atoms with Crippen molar-refractivity contribution in [3.8, 4) is 11.5 Å². The lowest BCUT2D eigenvalue weighted by atomic mass is 9.78. The summed E-state index contributed by atoms with van der Waals surface area (Å²) in [7, 11) is -1.00. The van der Waals surface area contributed by atoms with Gasteiger partial charge in [-0.3, -0.25) is 0 Å². The van der Waals surface area contributed by atoms with Gasteiger partial charge in [-0.15, -0.1) is 0 Å². The highest BCUT2D eigenvalue weighted by Crippen LogP contribution is 2.36. The van der Waals surface area contributed by atoms with E-state index in [0.29, 0.717) is 19.2 Å². The number of carbonyl (C=O) groups is 1. The number of rotatable bonds is 5. The second-order valence-corrected chi connectivity index (χ2v) is 4.67. The molecular weight excluding hydrogens is 263 g/mol. The number of benzene rings is 1. The van der Waals surface area contributed by atoms with E-state index < -0.39 is 19.2 Å². The first kappa shape index (κ1) is 14.7. The van der Waals surface area contributed by atoms with Crippen molar-refractivity contribution >= 4 is 13.1 Å². The number of ether oxygens (including phenoxy) is 1. The molecule has 1 aromatic carbocycles. The SMILES string of the molecule is CCC(CO)Oc1ccc2c(c1C(=O)O)OB(O)CC2. The average molecular weight is 280 g/mol. The van der Waals surface area contributed by atoms with E-state index in [2.05, 4.69) is 0 Å². The molecule has 0 fully saturated rings. The Labute approximate surface area is 117 Å². The smallest absolute Gasteiger partial charge is 0.522 e. The second-order valence-electron chi connectivity index (χ2n) is 4.67. The van der Waals surface area contributed by atoms with Crippen LogP contribution in [0.3, 0.4) is 0 Å². The number of aryl methyl sites for hydroxylation is 1. The minimum Gasteiger partial charge on any atom is -0.535 e. The summed E-state index contributed by atoms with van der Waals surface area (Å²) in [5, 5.41) is 28.0. The topological polar surface area (TPSA) is 96.2 Å². The molecule has 0 radical (unpaired) electrons. The quantitative estimate of drug-likeness (QED) is 0.695. The monoisotopic (exact) mass is 280 g/mol. The summed E-state index contributed by atoms with van der Waals surface area (Å²) in [6.07, 6.45) is 1.06. The highest BCUT2D eigenvalue weighted by molar-refractivity contribution is 6.44. The number of carboxylic acid groups (broad SMARTS) is 1. The molecule has 20 heavy (non-hydrogen) atoms. The zero-order chi connectivity index (χ0) is 14.7. The molecule has 2 rings (SSSR count). The van der Waals surface area contributed by atoms with Crippen molar-refractivity contribution in [1.29, 1.82) is 0 Å². The number of aliphatic hydroxyl groups is 1. The van der Waals surface area contributed by atoms with Crippen LogP contribution in [0.15, 0.2) is 12.1 Å². The van der Waals surface area contributed by atoms with Gasteiger partial charge in [0.05, 0.1) is 6.61 Å². The van der Waals surface area contributed by atoms with Crippen molar-refractivity contribution in [1.82, 2.24) is 0 Å². The Morgan fingerprint density at radius 2 is 2.30 bits per heavy atom. The van der Waals surface area contributed by atoms with Gasteiger partial charge in [-0.25, -0.2) is 4.79 Å². The molecule has 0 aliphatic carbocycles. The van der Waals surface area contributed by atoms with Gasteiger partial charge in [0.1, 0.15) is 23.2 Å². The number of carboxylic acids is 1. The predicted octanol–water partition coefficient (Wildman–Crippen LogP) is 0.950. The first-order valence-corrected chi connectivity index (χ1v) is 6.58. The lowest BCUT2D eigenvalue weighted by Gasteiger charge is -2.24. The minimum absolute atomic E-state index is 0.104. The molecule has 1 aromatic rings. The molecule has 108 valence electrons. The van der Waals surface area contributed by atoms with Crippen LogP contribution in [0.25, 0.3) is 0 Å². The van der Waals surface area contributed by atoms with Gasteiger partial charge in [0.2, 0.25) is 0 Å². The fourth-order valence-electron chi connectivity index (χ4n) is 2.14. The molecule has 1 unspecified atom stereocenters. The molecule has 3 N–H and O–H groups in total. The number of aliphatic hydroxyl groups excluding tert-OH is 1. The normalized spacial score (nSPS) is 15.2. The molecule has 0 aromatic heterocycles. The van der Waals surface area contributed by atoms with Gasteiger partial charge in [0, 0.05) is 0 Å². The fourth-order valence-corrected chi connectivity index (χ4v) is 2.14. The van der Waals surface area contributed by atoms with Crippen LogP contribution in [0, 0.1) is 0 Å². The van der Waals surface area contributed by atoms with Crippen molar-refractivity contribution in [3.63, 3.8) is 0 Å². The zero-order valence-corrected chi connectivity index (χ0v) is 11.2. The standard InChI is InChI=1S/C13H17BO6/c1-2-9(7-15)19-10-4-3-8-5-6-14(18)20-12(8)11(10)13(16)17/h3-4,9,15,18H,2,5-7H2,1H3,(H,16,17). The van der Waals surface area contributed by atoms with Crippen molar-refractivity contribution in [2.75, 3.05) is 6.61 Å². The van der Waals surface area contributed by atoms with Crippen LogP contribution in [0.4, 0.5) is 0 Å². The van der Waals surface area contributed by atoms with Crippen LogP contribution in [0.2, 0.25) is 6.32 Å². The van der Waals surface area contributed by atoms with E-state index in [1.54, 1.807) is 12.1 Å². The van der Waals surface area contributed by atoms with Gasteiger partial charge in [-0.1, -0.05) is 13.0 Å². The molecule has 7 heteroatoms. The molecule has 1 atom stereocenters.